The minimum Gasteiger partial charge on any atom is -0.356 e. The van der Waals surface area contributed by atoms with Crippen molar-refractivity contribution in [3.63, 3.8) is 0 Å². The van der Waals surface area contributed by atoms with E-state index in [0.29, 0.717) is 0 Å². The van der Waals surface area contributed by atoms with Crippen molar-refractivity contribution in [2.24, 2.45) is 10.9 Å². The smallest absolute Gasteiger partial charge is 0.225 e. The van der Waals surface area contributed by atoms with Crippen LogP contribution in [0.5, 0.6) is 0 Å². The van der Waals surface area contributed by atoms with Crippen LogP contribution in [0.4, 0.5) is 0 Å². The molecule has 1 aromatic rings. The number of hydrogen-bond acceptors (Lipinski definition) is 2. The normalized spacial score (nSPS) is 21.2. The molecule has 1 atom stereocenters. The number of rotatable bonds is 5. The number of guanidine groups is 1. The minimum atomic E-state index is 0. The van der Waals surface area contributed by atoms with E-state index in [1.807, 2.05) is 25.8 Å². The Bertz CT molecular complexity index is 713. The topological polar surface area (TPSA) is 56.7 Å². The summed E-state index contributed by atoms with van der Waals surface area (Å²) in [4.78, 5) is 18.6. The first kappa shape index (κ1) is 24.0. The summed E-state index contributed by atoms with van der Waals surface area (Å²) in [5, 5.41) is 7.14. The number of carbonyl (C=O) groups is 1. The minimum absolute atomic E-state index is 0. The van der Waals surface area contributed by atoms with E-state index in [0.717, 1.165) is 32.0 Å². The first-order chi connectivity index (χ1) is 13.4. The Morgan fingerprint density at radius 2 is 2.03 bits per heavy atom. The number of likely N-dealkylation sites (tertiary alicyclic amines) is 1. The summed E-state index contributed by atoms with van der Waals surface area (Å²) in [5.41, 5.74) is 2.97. The van der Waals surface area contributed by atoms with Crippen molar-refractivity contribution >= 4 is 35.8 Å². The van der Waals surface area contributed by atoms with Crippen LogP contribution >= 0.6 is 24.0 Å². The molecule has 1 amide bonds. The lowest BCUT2D eigenvalue weighted by molar-refractivity contribution is -0.133. The second kappa shape index (κ2) is 10.6. The van der Waals surface area contributed by atoms with E-state index >= 15 is 0 Å². The maximum Gasteiger partial charge on any atom is 0.225 e. The standard InChI is InChI=1S/C23H36N4O.HI/c1-17(2)21(28)27-13-10-20(15-27)26-22(24-4)25-16-23(11-5-6-12-23)19-9-7-8-18(3)14-19;/h7-9,14,17,20H,5-6,10-13,15-16H2,1-4H3,(H2,24,25,26);1H. The van der Waals surface area contributed by atoms with Crippen molar-refractivity contribution in [2.45, 2.75) is 64.3 Å². The first-order valence-corrected chi connectivity index (χ1v) is 10.8. The van der Waals surface area contributed by atoms with Crippen LogP contribution in [0.15, 0.2) is 29.3 Å². The summed E-state index contributed by atoms with van der Waals surface area (Å²) in [6.45, 7) is 8.60. The van der Waals surface area contributed by atoms with Gasteiger partial charge in [0.25, 0.3) is 0 Å². The highest BCUT2D eigenvalue weighted by molar-refractivity contribution is 14.0. The van der Waals surface area contributed by atoms with Crippen molar-refractivity contribution in [3.8, 4) is 0 Å². The van der Waals surface area contributed by atoms with Gasteiger partial charge in [-0.3, -0.25) is 9.79 Å². The Kier molecular flexibility index (Phi) is 8.79. The predicted octanol–water partition coefficient (Wildman–Crippen LogP) is 3.85. The van der Waals surface area contributed by atoms with Crippen molar-refractivity contribution in [1.82, 2.24) is 15.5 Å². The zero-order chi connectivity index (χ0) is 20.1. The molecule has 0 radical (unpaired) electrons. The fraction of sp³-hybridized carbons (Fsp3) is 0.652. The van der Waals surface area contributed by atoms with Gasteiger partial charge in [-0.05, 0) is 31.7 Å². The molecule has 5 nitrogen and oxygen atoms in total. The molecule has 2 aliphatic rings. The van der Waals surface area contributed by atoms with E-state index in [2.05, 4.69) is 46.8 Å². The van der Waals surface area contributed by atoms with Gasteiger partial charge < -0.3 is 15.5 Å². The lowest BCUT2D eigenvalue weighted by Gasteiger charge is -2.31. The van der Waals surface area contributed by atoms with Gasteiger partial charge in [0.1, 0.15) is 0 Å². The number of aryl methyl sites for hydroxylation is 1. The quantitative estimate of drug-likeness (QED) is 0.358. The van der Waals surface area contributed by atoms with Crippen LogP contribution in [-0.2, 0) is 10.2 Å². The highest BCUT2D eigenvalue weighted by Crippen LogP contribution is 2.40. The maximum absolute atomic E-state index is 12.2. The fourth-order valence-electron chi connectivity index (χ4n) is 4.68. The molecular weight excluding hydrogens is 475 g/mol. The lowest BCUT2D eigenvalue weighted by atomic mass is 9.78. The molecule has 1 aromatic carbocycles. The monoisotopic (exact) mass is 512 g/mol. The van der Waals surface area contributed by atoms with Crippen LogP contribution in [0.2, 0.25) is 0 Å². The third kappa shape index (κ3) is 5.86. The van der Waals surface area contributed by atoms with Crippen LogP contribution in [0, 0.1) is 12.8 Å². The Balaban J connectivity index is 0.00000300. The molecule has 29 heavy (non-hydrogen) atoms. The number of hydrogen-bond donors (Lipinski definition) is 2. The van der Waals surface area contributed by atoms with Gasteiger partial charge in [0, 0.05) is 44.1 Å². The van der Waals surface area contributed by atoms with Crippen LogP contribution in [0.1, 0.15) is 57.1 Å². The van der Waals surface area contributed by atoms with E-state index in [9.17, 15) is 4.79 Å². The first-order valence-electron chi connectivity index (χ1n) is 10.8. The molecule has 1 saturated heterocycles. The number of nitrogens with zero attached hydrogens (tertiary/aromatic N) is 2. The number of carbonyl (C=O) groups excluding carboxylic acids is 1. The molecule has 0 aromatic heterocycles. The van der Waals surface area contributed by atoms with Gasteiger partial charge in [-0.2, -0.15) is 0 Å². The second-order valence-corrected chi connectivity index (χ2v) is 8.85. The van der Waals surface area contributed by atoms with Gasteiger partial charge in [0.15, 0.2) is 5.96 Å². The molecule has 1 saturated carbocycles. The van der Waals surface area contributed by atoms with E-state index in [1.165, 1.54) is 36.8 Å². The molecule has 1 aliphatic carbocycles. The van der Waals surface area contributed by atoms with E-state index in [-0.39, 0.29) is 47.3 Å². The van der Waals surface area contributed by atoms with Crippen LogP contribution in [0.3, 0.4) is 0 Å². The number of aliphatic imine (C=N–C) groups is 1. The Morgan fingerprint density at radius 1 is 1.31 bits per heavy atom. The Labute approximate surface area is 193 Å². The van der Waals surface area contributed by atoms with Gasteiger partial charge in [0.2, 0.25) is 5.91 Å². The summed E-state index contributed by atoms with van der Waals surface area (Å²) in [7, 11) is 1.83. The largest absolute Gasteiger partial charge is 0.356 e. The number of benzene rings is 1. The zero-order valence-electron chi connectivity index (χ0n) is 18.3. The molecule has 1 heterocycles. The number of halogens is 1. The van der Waals surface area contributed by atoms with Crippen LogP contribution < -0.4 is 10.6 Å². The highest BCUT2D eigenvalue weighted by Gasteiger charge is 2.36. The number of nitrogens with one attached hydrogen (secondary N) is 2. The van der Waals surface area contributed by atoms with E-state index in [4.69, 9.17) is 0 Å². The average molecular weight is 512 g/mol. The molecule has 0 spiro atoms. The van der Waals surface area contributed by atoms with Crippen molar-refractivity contribution < 1.29 is 4.79 Å². The average Bonchev–Trinajstić information content (AvgIpc) is 3.35. The second-order valence-electron chi connectivity index (χ2n) is 8.85. The molecule has 6 heteroatoms. The summed E-state index contributed by atoms with van der Waals surface area (Å²) in [6.07, 6.45) is 6.00. The summed E-state index contributed by atoms with van der Waals surface area (Å²) < 4.78 is 0. The third-order valence-corrected chi connectivity index (χ3v) is 6.34. The molecule has 2 N–H and O–H groups in total. The molecular formula is C23H37IN4O. The summed E-state index contributed by atoms with van der Waals surface area (Å²) in [6, 6.07) is 9.24. The third-order valence-electron chi connectivity index (χ3n) is 6.34. The Morgan fingerprint density at radius 3 is 2.66 bits per heavy atom. The molecule has 2 fully saturated rings. The van der Waals surface area contributed by atoms with Gasteiger partial charge in [-0.15, -0.1) is 24.0 Å². The molecule has 1 unspecified atom stereocenters. The van der Waals surface area contributed by atoms with Crippen molar-refractivity contribution in [3.05, 3.63) is 35.4 Å². The summed E-state index contributed by atoms with van der Waals surface area (Å²) >= 11 is 0. The van der Waals surface area contributed by atoms with Gasteiger partial charge in [0.05, 0.1) is 0 Å². The molecule has 1 aliphatic heterocycles. The van der Waals surface area contributed by atoms with Crippen molar-refractivity contribution in [1.29, 1.82) is 0 Å². The Hall–Kier alpha value is -1.31. The van der Waals surface area contributed by atoms with Crippen LogP contribution in [-0.4, -0.2) is 49.5 Å². The zero-order valence-corrected chi connectivity index (χ0v) is 20.7. The SMILES string of the molecule is CN=C(NCC1(c2cccc(C)c2)CCCC1)NC1CCN(C(=O)C(C)C)C1.I. The van der Waals surface area contributed by atoms with Crippen molar-refractivity contribution in [2.75, 3.05) is 26.7 Å². The summed E-state index contributed by atoms with van der Waals surface area (Å²) in [5.74, 6) is 1.16. The molecule has 162 valence electrons. The van der Waals surface area contributed by atoms with E-state index < -0.39 is 0 Å². The van der Waals surface area contributed by atoms with Gasteiger partial charge >= 0.3 is 0 Å². The fourth-order valence-corrected chi connectivity index (χ4v) is 4.68. The predicted molar refractivity (Wildman–Crippen MR) is 131 cm³/mol. The van der Waals surface area contributed by atoms with Gasteiger partial charge in [-0.25, -0.2) is 0 Å². The highest BCUT2D eigenvalue weighted by atomic mass is 127. The lowest BCUT2D eigenvalue weighted by Crippen LogP contribution is -2.49. The van der Waals surface area contributed by atoms with E-state index in [1.54, 1.807) is 0 Å². The molecule has 0 bridgehead atoms. The van der Waals surface area contributed by atoms with Gasteiger partial charge in [-0.1, -0.05) is 56.5 Å². The van der Waals surface area contributed by atoms with Crippen LogP contribution in [0.25, 0.3) is 0 Å². The number of amides is 1. The molecule has 3 rings (SSSR count). The maximum atomic E-state index is 12.2.